The van der Waals surface area contributed by atoms with E-state index in [0.29, 0.717) is 39.2 Å². The predicted molar refractivity (Wildman–Crippen MR) is 131 cm³/mol. The number of carbonyl (C=O) groups excluding carboxylic acids is 1. The maximum Gasteiger partial charge on any atom is 0.255 e. The molecule has 5 rings (SSSR count). The number of ether oxygens (including phenoxy) is 1. The first-order valence-corrected chi connectivity index (χ1v) is 10.7. The van der Waals surface area contributed by atoms with Gasteiger partial charge in [-0.3, -0.25) is 9.59 Å². The van der Waals surface area contributed by atoms with E-state index in [1.54, 1.807) is 67.8 Å². The van der Waals surface area contributed by atoms with Crippen LogP contribution >= 0.6 is 0 Å². The molecular weight excluding hydrogens is 430 g/mol. The van der Waals surface area contributed by atoms with Crippen LogP contribution in [-0.2, 0) is 0 Å². The SMILES string of the molecule is COc1ccc2oc(-c3ccc(NC(=O)c4ccc5nc(C)c(C)nc5c4)cc3)cc(=O)c2c1. The van der Waals surface area contributed by atoms with Crippen LogP contribution in [0, 0.1) is 13.8 Å². The molecule has 0 saturated carbocycles. The molecule has 0 fully saturated rings. The number of benzene rings is 3. The summed E-state index contributed by atoms with van der Waals surface area (Å²) in [5, 5.41) is 3.34. The third-order valence-corrected chi connectivity index (χ3v) is 5.70. The topological polar surface area (TPSA) is 94.3 Å². The molecule has 1 N–H and O–H groups in total. The fourth-order valence-corrected chi connectivity index (χ4v) is 3.70. The lowest BCUT2D eigenvalue weighted by Crippen LogP contribution is -2.12. The molecule has 5 aromatic rings. The number of fused-ring (bicyclic) bond motifs is 2. The number of hydrogen-bond acceptors (Lipinski definition) is 6. The van der Waals surface area contributed by atoms with Crippen molar-refractivity contribution in [2.75, 3.05) is 12.4 Å². The number of methoxy groups -OCH3 is 1. The van der Waals surface area contributed by atoms with Gasteiger partial charge < -0.3 is 14.5 Å². The molecule has 2 heterocycles. The van der Waals surface area contributed by atoms with Crippen LogP contribution in [0.4, 0.5) is 5.69 Å². The van der Waals surface area contributed by atoms with Crippen molar-refractivity contribution in [2.24, 2.45) is 0 Å². The van der Waals surface area contributed by atoms with E-state index in [1.807, 2.05) is 13.8 Å². The molecule has 168 valence electrons. The van der Waals surface area contributed by atoms with Crippen LogP contribution in [0.5, 0.6) is 5.75 Å². The standard InChI is InChI=1S/C27H21N3O4/c1-15-16(2)29-23-12-18(6-10-22(23)28-15)27(32)30-19-7-4-17(5-8-19)26-14-24(31)21-13-20(33-3)9-11-25(21)34-26/h4-14H,1-3H3,(H,30,32). The zero-order valence-corrected chi connectivity index (χ0v) is 18.9. The van der Waals surface area contributed by atoms with Gasteiger partial charge in [0.25, 0.3) is 5.91 Å². The first-order chi connectivity index (χ1) is 16.4. The Bertz CT molecular complexity index is 1620. The lowest BCUT2D eigenvalue weighted by Gasteiger charge is -2.08. The van der Waals surface area contributed by atoms with Crippen LogP contribution < -0.4 is 15.5 Å². The minimum atomic E-state index is -0.249. The van der Waals surface area contributed by atoms with Gasteiger partial charge in [-0.05, 0) is 74.5 Å². The number of rotatable bonds is 4. The summed E-state index contributed by atoms with van der Waals surface area (Å²) in [7, 11) is 1.55. The Kier molecular flexibility index (Phi) is 5.30. The van der Waals surface area contributed by atoms with Crippen LogP contribution in [0.1, 0.15) is 21.7 Å². The van der Waals surface area contributed by atoms with Gasteiger partial charge >= 0.3 is 0 Å². The maximum absolute atomic E-state index is 12.8. The van der Waals surface area contributed by atoms with Crippen molar-refractivity contribution in [1.29, 1.82) is 0 Å². The highest BCUT2D eigenvalue weighted by Crippen LogP contribution is 2.26. The molecule has 0 spiro atoms. The summed E-state index contributed by atoms with van der Waals surface area (Å²) in [6.45, 7) is 3.80. The van der Waals surface area contributed by atoms with Crippen molar-refractivity contribution in [3.05, 3.63) is 93.9 Å². The van der Waals surface area contributed by atoms with Crippen molar-refractivity contribution in [3.63, 3.8) is 0 Å². The molecule has 0 saturated heterocycles. The highest BCUT2D eigenvalue weighted by atomic mass is 16.5. The molecule has 0 aliphatic rings. The Balaban J connectivity index is 1.38. The van der Waals surface area contributed by atoms with E-state index in [4.69, 9.17) is 9.15 Å². The molecule has 0 aliphatic carbocycles. The summed E-state index contributed by atoms with van der Waals surface area (Å²) in [4.78, 5) is 34.4. The smallest absolute Gasteiger partial charge is 0.255 e. The monoisotopic (exact) mass is 451 g/mol. The Morgan fingerprint density at radius 3 is 2.35 bits per heavy atom. The van der Waals surface area contributed by atoms with Crippen molar-refractivity contribution < 1.29 is 13.9 Å². The number of nitrogens with zero attached hydrogens (tertiary/aromatic N) is 2. The summed E-state index contributed by atoms with van der Waals surface area (Å²) in [5.41, 5.74) is 5.28. The Hall–Kier alpha value is -4.52. The van der Waals surface area contributed by atoms with E-state index >= 15 is 0 Å². The van der Waals surface area contributed by atoms with Crippen molar-refractivity contribution >= 4 is 33.6 Å². The van der Waals surface area contributed by atoms with Gasteiger partial charge in [0, 0.05) is 22.9 Å². The van der Waals surface area contributed by atoms with Gasteiger partial charge in [-0.15, -0.1) is 0 Å². The first-order valence-electron chi connectivity index (χ1n) is 10.7. The number of amides is 1. The molecule has 2 aromatic heterocycles. The minimum Gasteiger partial charge on any atom is -0.497 e. The second-order valence-electron chi connectivity index (χ2n) is 7.97. The third-order valence-electron chi connectivity index (χ3n) is 5.70. The molecule has 7 nitrogen and oxygen atoms in total. The van der Waals surface area contributed by atoms with E-state index in [1.165, 1.54) is 6.07 Å². The number of nitrogens with one attached hydrogen (secondary N) is 1. The Morgan fingerprint density at radius 2 is 1.62 bits per heavy atom. The number of carbonyl (C=O) groups is 1. The van der Waals surface area contributed by atoms with Crippen molar-refractivity contribution in [2.45, 2.75) is 13.8 Å². The van der Waals surface area contributed by atoms with Gasteiger partial charge in [0.05, 0.1) is 34.9 Å². The summed E-state index contributed by atoms with van der Waals surface area (Å²) >= 11 is 0. The molecule has 0 unspecified atom stereocenters. The lowest BCUT2D eigenvalue weighted by molar-refractivity contribution is 0.102. The van der Waals surface area contributed by atoms with E-state index in [9.17, 15) is 9.59 Å². The predicted octanol–water partition coefficient (Wildman–Crippen LogP) is 5.28. The van der Waals surface area contributed by atoms with Gasteiger partial charge in [-0.2, -0.15) is 0 Å². The fraction of sp³-hybridized carbons (Fsp3) is 0.111. The fourth-order valence-electron chi connectivity index (χ4n) is 3.70. The molecular formula is C27H21N3O4. The number of aryl methyl sites for hydroxylation is 2. The van der Waals surface area contributed by atoms with Crippen LogP contribution in [-0.4, -0.2) is 23.0 Å². The highest BCUT2D eigenvalue weighted by Gasteiger charge is 2.11. The van der Waals surface area contributed by atoms with Crippen LogP contribution in [0.25, 0.3) is 33.3 Å². The van der Waals surface area contributed by atoms with Crippen LogP contribution in [0.2, 0.25) is 0 Å². The highest BCUT2D eigenvalue weighted by molar-refractivity contribution is 6.06. The van der Waals surface area contributed by atoms with E-state index in [-0.39, 0.29) is 11.3 Å². The molecule has 0 aliphatic heterocycles. The average molecular weight is 451 g/mol. The largest absolute Gasteiger partial charge is 0.497 e. The molecule has 0 atom stereocenters. The van der Waals surface area contributed by atoms with Gasteiger partial charge in [0.1, 0.15) is 17.1 Å². The molecule has 0 radical (unpaired) electrons. The van der Waals surface area contributed by atoms with Crippen LogP contribution in [0.3, 0.4) is 0 Å². The second kappa shape index (κ2) is 8.44. The number of hydrogen-bond donors (Lipinski definition) is 1. The summed E-state index contributed by atoms with van der Waals surface area (Å²) in [6.07, 6.45) is 0. The summed E-state index contributed by atoms with van der Waals surface area (Å²) < 4.78 is 11.1. The third kappa shape index (κ3) is 3.99. The zero-order valence-electron chi connectivity index (χ0n) is 18.9. The molecule has 0 bridgehead atoms. The molecule has 3 aromatic carbocycles. The minimum absolute atomic E-state index is 0.155. The molecule has 7 heteroatoms. The lowest BCUT2D eigenvalue weighted by atomic mass is 10.1. The van der Waals surface area contributed by atoms with Gasteiger partial charge in [0.15, 0.2) is 5.43 Å². The average Bonchev–Trinajstić information content (AvgIpc) is 2.84. The summed E-state index contributed by atoms with van der Waals surface area (Å²) in [5.74, 6) is 0.788. The number of anilines is 1. The first kappa shape index (κ1) is 21.3. The van der Waals surface area contributed by atoms with E-state index in [2.05, 4.69) is 15.3 Å². The van der Waals surface area contributed by atoms with Gasteiger partial charge in [-0.25, -0.2) is 9.97 Å². The van der Waals surface area contributed by atoms with Crippen LogP contribution in [0.15, 0.2) is 75.9 Å². The Labute approximate surface area is 195 Å². The second-order valence-corrected chi connectivity index (χ2v) is 7.97. The maximum atomic E-state index is 12.8. The van der Waals surface area contributed by atoms with E-state index in [0.717, 1.165) is 22.5 Å². The Morgan fingerprint density at radius 1 is 0.882 bits per heavy atom. The van der Waals surface area contributed by atoms with E-state index < -0.39 is 0 Å². The van der Waals surface area contributed by atoms with Gasteiger partial charge in [-0.1, -0.05) is 0 Å². The van der Waals surface area contributed by atoms with Crippen molar-refractivity contribution in [3.8, 4) is 17.1 Å². The normalized spacial score (nSPS) is 11.0. The summed E-state index contributed by atoms with van der Waals surface area (Å²) in [6, 6.07) is 18.9. The number of aromatic nitrogens is 2. The molecule has 34 heavy (non-hydrogen) atoms. The zero-order chi connectivity index (χ0) is 23.8. The quantitative estimate of drug-likeness (QED) is 0.399. The van der Waals surface area contributed by atoms with Gasteiger partial charge in [0.2, 0.25) is 0 Å². The van der Waals surface area contributed by atoms with Crippen molar-refractivity contribution in [1.82, 2.24) is 9.97 Å². The molecule has 1 amide bonds.